The largest absolute Gasteiger partial charge is 0.313 e. The van der Waals surface area contributed by atoms with Crippen molar-refractivity contribution in [1.82, 2.24) is 5.32 Å². The first-order valence-corrected chi connectivity index (χ1v) is 8.77. The van der Waals surface area contributed by atoms with Crippen molar-refractivity contribution >= 4 is 21.6 Å². The highest BCUT2D eigenvalue weighted by molar-refractivity contribution is 8.00. The molecule has 0 amide bonds. The normalized spacial score (nSPS) is 11.7. The van der Waals surface area contributed by atoms with Crippen LogP contribution in [0.15, 0.2) is 23.1 Å². The van der Waals surface area contributed by atoms with E-state index in [1.807, 2.05) is 13.0 Å². The fourth-order valence-electron chi connectivity index (χ4n) is 1.41. The molecule has 1 aromatic rings. The summed E-state index contributed by atoms with van der Waals surface area (Å²) in [4.78, 5) is 0.544. The lowest BCUT2D eigenvalue weighted by Crippen LogP contribution is -2.13. The second-order valence-electron chi connectivity index (χ2n) is 3.99. The van der Waals surface area contributed by atoms with Crippen molar-refractivity contribution in [2.75, 3.05) is 24.3 Å². The maximum atomic E-state index is 13.7. The van der Waals surface area contributed by atoms with Crippen molar-refractivity contribution in [3.63, 3.8) is 0 Å². The van der Waals surface area contributed by atoms with Crippen LogP contribution in [0.2, 0.25) is 0 Å². The van der Waals surface area contributed by atoms with Gasteiger partial charge in [0.15, 0.2) is 0 Å². The minimum Gasteiger partial charge on any atom is -0.313 e. The van der Waals surface area contributed by atoms with E-state index in [-0.39, 0.29) is 11.6 Å². The third kappa shape index (κ3) is 5.37. The van der Waals surface area contributed by atoms with Gasteiger partial charge in [0.05, 0.1) is 5.75 Å². The molecular weight excluding hydrogens is 273 g/mol. The first-order chi connectivity index (χ1) is 8.44. The van der Waals surface area contributed by atoms with Crippen molar-refractivity contribution in [2.45, 2.75) is 18.4 Å². The molecule has 0 heterocycles. The molecule has 18 heavy (non-hydrogen) atoms. The molecule has 0 bridgehead atoms. The predicted octanol–water partition coefficient (Wildman–Crippen LogP) is 2.07. The number of hydrogen-bond donors (Lipinski definition) is 1. The summed E-state index contributed by atoms with van der Waals surface area (Å²) in [5.74, 6) is 0.148. The Bertz CT molecular complexity index is 489. The van der Waals surface area contributed by atoms with E-state index in [9.17, 15) is 12.8 Å². The van der Waals surface area contributed by atoms with E-state index in [0.717, 1.165) is 12.1 Å². The van der Waals surface area contributed by atoms with E-state index in [4.69, 9.17) is 0 Å². The van der Waals surface area contributed by atoms with Gasteiger partial charge in [-0.05, 0) is 18.2 Å². The van der Waals surface area contributed by atoms with Crippen LogP contribution in [0.25, 0.3) is 0 Å². The molecule has 1 aromatic carbocycles. The van der Waals surface area contributed by atoms with Crippen LogP contribution in [0.1, 0.15) is 12.5 Å². The lowest BCUT2D eigenvalue weighted by molar-refractivity contribution is 0.591. The third-order valence-electron chi connectivity index (χ3n) is 2.31. The Morgan fingerprint density at radius 3 is 2.72 bits per heavy atom. The van der Waals surface area contributed by atoms with E-state index in [1.165, 1.54) is 24.1 Å². The van der Waals surface area contributed by atoms with E-state index >= 15 is 0 Å². The van der Waals surface area contributed by atoms with Gasteiger partial charge >= 0.3 is 0 Å². The summed E-state index contributed by atoms with van der Waals surface area (Å²) in [6.45, 7) is 3.38. The first kappa shape index (κ1) is 15.5. The van der Waals surface area contributed by atoms with Crippen LogP contribution in [0.5, 0.6) is 0 Å². The van der Waals surface area contributed by atoms with Crippen molar-refractivity contribution in [3.05, 3.63) is 29.6 Å². The molecule has 1 N–H and O–H groups in total. The highest BCUT2D eigenvalue weighted by Crippen LogP contribution is 2.26. The van der Waals surface area contributed by atoms with Gasteiger partial charge in [0.1, 0.15) is 15.7 Å². The molecule has 0 radical (unpaired) electrons. The van der Waals surface area contributed by atoms with Crippen molar-refractivity contribution in [2.24, 2.45) is 0 Å². The average Bonchev–Trinajstić information content (AvgIpc) is 2.27. The number of halogens is 1. The van der Waals surface area contributed by atoms with Gasteiger partial charge < -0.3 is 5.32 Å². The fraction of sp³-hybridized carbons (Fsp3) is 0.500. The lowest BCUT2D eigenvalue weighted by Gasteiger charge is -2.10. The minimum atomic E-state index is -3.00. The molecule has 0 unspecified atom stereocenters. The van der Waals surface area contributed by atoms with Crippen LogP contribution >= 0.6 is 11.8 Å². The first-order valence-electron chi connectivity index (χ1n) is 5.72. The van der Waals surface area contributed by atoms with E-state index < -0.39 is 9.84 Å². The second-order valence-corrected chi connectivity index (χ2v) is 7.35. The van der Waals surface area contributed by atoms with Crippen LogP contribution in [-0.4, -0.2) is 32.7 Å². The summed E-state index contributed by atoms with van der Waals surface area (Å²) >= 11 is 1.26. The van der Waals surface area contributed by atoms with Crippen LogP contribution < -0.4 is 5.32 Å². The molecule has 0 aliphatic rings. The van der Waals surface area contributed by atoms with Gasteiger partial charge in [-0.25, -0.2) is 12.8 Å². The van der Waals surface area contributed by atoms with Crippen molar-refractivity contribution in [3.8, 4) is 0 Å². The van der Waals surface area contributed by atoms with Gasteiger partial charge in [0.25, 0.3) is 0 Å². The molecule has 0 aromatic heterocycles. The number of sulfone groups is 1. The summed E-state index contributed by atoms with van der Waals surface area (Å²) in [5.41, 5.74) is 0.871. The van der Waals surface area contributed by atoms with Gasteiger partial charge in [-0.2, -0.15) is 0 Å². The smallest absolute Gasteiger partial charge is 0.148 e. The summed E-state index contributed by atoms with van der Waals surface area (Å²) in [6.07, 6.45) is 1.19. The monoisotopic (exact) mass is 291 g/mol. The second kappa shape index (κ2) is 7.11. The van der Waals surface area contributed by atoms with E-state index in [1.54, 1.807) is 6.07 Å². The predicted molar refractivity (Wildman–Crippen MR) is 74.2 cm³/mol. The van der Waals surface area contributed by atoms with Crippen LogP contribution in [0, 0.1) is 5.82 Å². The highest BCUT2D eigenvalue weighted by Gasteiger charge is 2.10. The number of hydrogen-bond acceptors (Lipinski definition) is 4. The zero-order chi connectivity index (χ0) is 13.6. The SMILES string of the molecule is CCNCc1cccc(F)c1SCCS(C)(=O)=O. The number of thioether (sulfide) groups is 1. The standard InChI is InChI=1S/C12H18FNO2S2/c1-3-14-9-10-5-4-6-11(13)12(10)17-7-8-18(2,15)16/h4-6,14H,3,7-9H2,1-2H3. The molecule has 0 spiro atoms. The number of rotatable bonds is 7. The molecule has 6 heteroatoms. The molecule has 102 valence electrons. The molecule has 0 saturated carbocycles. The van der Waals surface area contributed by atoms with Gasteiger partial charge in [-0.3, -0.25) is 0 Å². The summed E-state index contributed by atoms with van der Waals surface area (Å²) in [5, 5.41) is 3.14. The van der Waals surface area contributed by atoms with Gasteiger partial charge in [0, 0.05) is 23.4 Å². The quantitative estimate of drug-likeness (QED) is 0.781. The van der Waals surface area contributed by atoms with Gasteiger partial charge in [-0.15, -0.1) is 11.8 Å². The number of nitrogens with one attached hydrogen (secondary N) is 1. The van der Waals surface area contributed by atoms with E-state index in [0.29, 0.717) is 17.2 Å². The topological polar surface area (TPSA) is 46.2 Å². The molecule has 3 nitrogen and oxygen atoms in total. The van der Waals surface area contributed by atoms with Crippen LogP contribution in [0.3, 0.4) is 0 Å². The van der Waals surface area contributed by atoms with Gasteiger partial charge in [-0.1, -0.05) is 19.1 Å². The highest BCUT2D eigenvalue weighted by atomic mass is 32.2. The molecular formula is C12H18FNO2S2. The van der Waals surface area contributed by atoms with Crippen molar-refractivity contribution in [1.29, 1.82) is 0 Å². The Morgan fingerprint density at radius 1 is 1.39 bits per heavy atom. The molecule has 0 aliphatic heterocycles. The Labute approximate surface area is 112 Å². The van der Waals surface area contributed by atoms with Gasteiger partial charge in [0.2, 0.25) is 0 Å². The molecule has 0 aliphatic carbocycles. The van der Waals surface area contributed by atoms with Crippen LogP contribution in [-0.2, 0) is 16.4 Å². The average molecular weight is 291 g/mol. The Balaban J connectivity index is 2.73. The summed E-state index contributed by atoms with van der Waals surface area (Å²) < 4.78 is 35.8. The van der Waals surface area contributed by atoms with E-state index in [2.05, 4.69) is 5.32 Å². The Hall–Kier alpha value is -0.590. The number of benzene rings is 1. The zero-order valence-corrected chi connectivity index (χ0v) is 12.2. The van der Waals surface area contributed by atoms with Crippen molar-refractivity contribution < 1.29 is 12.8 Å². The molecule has 0 saturated heterocycles. The Morgan fingerprint density at radius 2 is 2.11 bits per heavy atom. The molecule has 0 fully saturated rings. The van der Waals surface area contributed by atoms with Crippen LogP contribution in [0.4, 0.5) is 4.39 Å². The minimum absolute atomic E-state index is 0.0622. The lowest BCUT2D eigenvalue weighted by atomic mass is 10.2. The fourth-order valence-corrected chi connectivity index (χ4v) is 3.69. The maximum absolute atomic E-state index is 13.7. The third-order valence-corrected chi connectivity index (χ3v) is 4.67. The molecule has 0 atom stereocenters. The maximum Gasteiger partial charge on any atom is 0.148 e. The summed E-state index contributed by atoms with van der Waals surface area (Å²) in [7, 11) is -3.00. The summed E-state index contributed by atoms with van der Waals surface area (Å²) in [6, 6.07) is 4.93. The zero-order valence-electron chi connectivity index (χ0n) is 10.6. The molecule has 1 rings (SSSR count). The Kier molecular flexibility index (Phi) is 6.11.